The fourth-order valence-corrected chi connectivity index (χ4v) is 3.92. The predicted molar refractivity (Wildman–Crippen MR) is 97.8 cm³/mol. The van der Waals surface area contributed by atoms with Crippen molar-refractivity contribution in [2.24, 2.45) is 0 Å². The number of halogens is 1. The fourth-order valence-electron chi connectivity index (χ4n) is 2.15. The summed E-state index contributed by atoms with van der Waals surface area (Å²) in [7, 11) is 1.79. The number of nitrogens with zero attached hydrogens (tertiary/aromatic N) is 3. The number of amides is 1. The largest absolute Gasteiger partial charge is 0.336 e. The zero-order chi connectivity index (χ0) is 17.1. The van der Waals surface area contributed by atoms with Crippen LogP contribution < -0.4 is 0 Å². The lowest BCUT2D eigenvalue weighted by molar-refractivity contribution is 0.0780. The number of thiophene rings is 1. The van der Waals surface area contributed by atoms with Gasteiger partial charge < -0.3 is 4.90 Å². The van der Waals surface area contributed by atoms with Crippen LogP contribution in [0.4, 0.5) is 0 Å². The second-order valence-corrected chi connectivity index (χ2v) is 8.17. The molecule has 0 atom stereocenters. The lowest BCUT2D eigenvalue weighted by atomic mass is 10.1. The van der Waals surface area contributed by atoms with Gasteiger partial charge in [0.05, 0.1) is 22.1 Å². The molecule has 0 bridgehead atoms. The third-order valence-corrected chi connectivity index (χ3v) is 5.26. The van der Waals surface area contributed by atoms with Gasteiger partial charge in [-0.3, -0.25) is 4.79 Å². The molecule has 2 aromatic heterocycles. The number of carbonyl (C=O) groups is 1. The number of aryl methyl sites for hydroxylation is 1. The minimum Gasteiger partial charge on any atom is -0.336 e. The number of carbonyl (C=O) groups excluding carboxylic acids is 1. The first kappa shape index (κ1) is 18.2. The Labute approximate surface area is 150 Å². The van der Waals surface area contributed by atoms with Crippen LogP contribution in [0.2, 0.25) is 4.34 Å². The molecule has 0 saturated carbocycles. The number of thioether (sulfide) groups is 1. The van der Waals surface area contributed by atoms with Gasteiger partial charge in [0.1, 0.15) is 10.9 Å². The lowest BCUT2D eigenvalue weighted by Crippen LogP contribution is -2.28. The summed E-state index contributed by atoms with van der Waals surface area (Å²) in [5, 5.41) is 0.738. The Morgan fingerprint density at radius 1 is 1.39 bits per heavy atom. The van der Waals surface area contributed by atoms with Crippen LogP contribution in [0.25, 0.3) is 0 Å². The second kappa shape index (κ2) is 7.64. The van der Waals surface area contributed by atoms with E-state index in [-0.39, 0.29) is 11.8 Å². The summed E-state index contributed by atoms with van der Waals surface area (Å²) in [6, 6.07) is 3.79. The van der Waals surface area contributed by atoms with Crippen LogP contribution in [0.1, 0.15) is 46.5 Å². The number of aromatic nitrogens is 2. The molecule has 2 rings (SSSR count). The molecule has 0 fully saturated rings. The van der Waals surface area contributed by atoms with E-state index in [4.69, 9.17) is 11.6 Å². The van der Waals surface area contributed by atoms with Crippen molar-refractivity contribution in [3.8, 4) is 0 Å². The first-order chi connectivity index (χ1) is 10.8. The third kappa shape index (κ3) is 4.25. The van der Waals surface area contributed by atoms with Crippen LogP contribution >= 0.6 is 34.7 Å². The molecule has 0 aromatic carbocycles. The smallest absolute Gasteiger partial charge is 0.258 e. The van der Waals surface area contributed by atoms with E-state index in [2.05, 4.69) is 9.97 Å². The summed E-state index contributed by atoms with van der Waals surface area (Å²) in [6.07, 6.45) is 1.93. The van der Waals surface area contributed by atoms with Gasteiger partial charge in [-0.2, -0.15) is 0 Å². The quantitative estimate of drug-likeness (QED) is 0.570. The van der Waals surface area contributed by atoms with Crippen LogP contribution in [0.15, 0.2) is 17.2 Å². The zero-order valence-corrected chi connectivity index (χ0v) is 16.3. The number of rotatable bonds is 5. The topological polar surface area (TPSA) is 46.1 Å². The van der Waals surface area contributed by atoms with Crippen LogP contribution in [0.3, 0.4) is 0 Å². The maximum atomic E-state index is 12.8. The molecule has 0 unspecified atom stereocenters. The molecule has 0 saturated heterocycles. The van der Waals surface area contributed by atoms with Gasteiger partial charge in [-0.1, -0.05) is 25.4 Å². The third-order valence-electron chi connectivity index (χ3n) is 3.37. The number of hydrogen-bond donors (Lipinski definition) is 0. The van der Waals surface area contributed by atoms with Gasteiger partial charge in [-0.25, -0.2) is 9.97 Å². The van der Waals surface area contributed by atoms with E-state index in [1.165, 1.54) is 23.1 Å². The van der Waals surface area contributed by atoms with Gasteiger partial charge in [-0.05, 0) is 25.3 Å². The molecule has 0 radical (unpaired) electrons. The second-order valence-electron chi connectivity index (χ2n) is 5.57. The molecular weight excluding hydrogens is 350 g/mol. The summed E-state index contributed by atoms with van der Waals surface area (Å²) in [6.45, 7) is 6.49. The Morgan fingerprint density at radius 2 is 2.09 bits per heavy atom. The minimum atomic E-state index is -0.0633. The Kier molecular flexibility index (Phi) is 6.06. The van der Waals surface area contributed by atoms with Gasteiger partial charge in [0.25, 0.3) is 5.91 Å². The zero-order valence-electron chi connectivity index (χ0n) is 13.9. The minimum absolute atomic E-state index is 0.0633. The van der Waals surface area contributed by atoms with Crippen molar-refractivity contribution in [3.05, 3.63) is 38.4 Å². The molecular formula is C16H20ClN3OS2. The summed E-state index contributed by atoms with van der Waals surface area (Å²) in [4.78, 5) is 24.6. The summed E-state index contributed by atoms with van der Waals surface area (Å²) < 4.78 is 0.728. The van der Waals surface area contributed by atoms with E-state index in [1.54, 1.807) is 11.9 Å². The molecule has 23 heavy (non-hydrogen) atoms. The normalized spacial score (nSPS) is 11.1. The first-order valence-electron chi connectivity index (χ1n) is 7.25. The average molecular weight is 370 g/mol. The monoisotopic (exact) mass is 369 g/mol. The molecule has 0 N–H and O–H groups in total. The molecule has 124 valence electrons. The van der Waals surface area contributed by atoms with Crippen molar-refractivity contribution in [1.29, 1.82) is 0 Å². The van der Waals surface area contributed by atoms with E-state index in [9.17, 15) is 4.79 Å². The average Bonchev–Trinajstić information content (AvgIpc) is 2.90. The molecule has 0 aliphatic rings. The number of hydrogen-bond acceptors (Lipinski definition) is 5. The highest BCUT2D eigenvalue weighted by Crippen LogP contribution is 2.26. The van der Waals surface area contributed by atoms with Gasteiger partial charge >= 0.3 is 0 Å². The van der Waals surface area contributed by atoms with E-state index in [0.717, 1.165) is 25.8 Å². The van der Waals surface area contributed by atoms with Gasteiger partial charge in [0, 0.05) is 17.8 Å². The van der Waals surface area contributed by atoms with Crippen LogP contribution in [-0.2, 0) is 6.54 Å². The van der Waals surface area contributed by atoms with Crippen molar-refractivity contribution in [2.45, 2.75) is 38.3 Å². The molecule has 2 aromatic rings. The van der Waals surface area contributed by atoms with Gasteiger partial charge in [-0.15, -0.1) is 23.1 Å². The summed E-state index contributed by atoms with van der Waals surface area (Å²) in [5.41, 5.74) is 1.32. The van der Waals surface area contributed by atoms with Crippen molar-refractivity contribution in [3.63, 3.8) is 0 Å². The fraction of sp³-hybridized carbons (Fsp3) is 0.438. The van der Waals surface area contributed by atoms with E-state index >= 15 is 0 Å². The molecule has 7 heteroatoms. The van der Waals surface area contributed by atoms with E-state index in [1.807, 2.05) is 39.2 Å². The first-order valence-corrected chi connectivity index (χ1v) is 9.67. The summed E-state index contributed by atoms with van der Waals surface area (Å²) in [5.74, 6) is 0.942. The van der Waals surface area contributed by atoms with Crippen LogP contribution in [0, 0.1) is 6.92 Å². The van der Waals surface area contributed by atoms with Crippen LogP contribution in [0.5, 0.6) is 0 Å². The van der Waals surface area contributed by atoms with Gasteiger partial charge in [0.2, 0.25) is 0 Å². The Bertz CT molecular complexity index is 715. The van der Waals surface area contributed by atoms with Gasteiger partial charge in [0.15, 0.2) is 0 Å². The highest BCUT2D eigenvalue weighted by atomic mass is 35.5. The Hall–Kier alpha value is -1.11. The highest BCUT2D eigenvalue weighted by molar-refractivity contribution is 7.98. The van der Waals surface area contributed by atoms with Crippen molar-refractivity contribution in [1.82, 2.24) is 14.9 Å². The van der Waals surface area contributed by atoms with E-state index in [0.29, 0.717) is 12.1 Å². The lowest BCUT2D eigenvalue weighted by Gasteiger charge is -2.19. The standard InChI is InChI=1S/C16H20ClN3OS2/c1-9(2)14-18-10(3)13(15(19-14)22-5)16(21)20(4)8-11-6-7-12(17)23-11/h6-7,9H,8H2,1-5H3. The SMILES string of the molecule is CSc1nc(C(C)C)nc(C)c1C(=O)N(C)Cc1ccc(Cl)s1. The van der Waals surface area contributed by atoms with Crippen molar-refractivity contribution >= 4 is 40.6 Å². The molecule has 0 aliphatic heterocycles. The Balaban J connectivity index is 2.30. The molecule has 4 nitrogen and oxygen atoms in total. The molecule has 0 spiro atoms. The maximum absolute atomic E-state index is 12.8. The maximum Gasteiger partial charge on any atom is 0.258 e. The molecule has 2 heterocycles. The Morgan fingerprint density at radius 3 is 2.61 bits per heavy atom. The predicted octanol–water partition coefficient (Wildman–Crippen LogP) is 4.62. The summed E-state index contributed by atoms with van der Waals surface area (Å²) >= 11 is 8.92. The molecule has 0 aliphatic carbocycles. The highest BCUT2D eigenvalue weighted by Gasteiger charge is 2.22. The van der Waals surface area contributed by atoms with Crippen molar-refractivity contribution in [2.75, 3.05) is 13.3 Å². The molecule has 1 amide bonds. The van der Waals surface area contributed by atoms with Crippen molar-refractivity contribution < 1.29 is 4.79 Å². The van der Waals surface area contributed by atoms with E-state index < -0.39 is 0 Å². The van der Waals surface area contributed by atoms with Crippen LogP contribution in [-0.4, -0.2) is 34.1 Å².